The van der Waals surface area contributed by atoms with E-state index in [1.54, 1.807) is 47.9 Å². The zero-order chi connectivity index (χ0) is 23.4. The highest BCUT2D eigenvalue weighted by Gasteiger charge is 2.19. The molecule has 1 heterocycles. The second kappa shape index (κ2) is 10.1. The summed E-state index contributed by atoms with van der Waals surface area (Å²) in [5, 5.41) is 0.708. The number of carbonyl (C=O) groups is 2. The fourth-order valence-corrected chi connectivity index (χ4v) is 3.63. The number of benzene rings is 2. The average Bonchev–Trinajstić information content (AvgIpc) is 3.03. The molecule has 3 rings (SSSR count). The maximum absolute atomic E-state index is 12.7. The van der Waals surface area contributed by atoms with Gasteiger partial charge in [0, 0.05) is 22.6 Å². The molecule has 1 aromatic heterocycles. The molecule has 32 heavy (non-hydrogen) atoms. The number of hydrogen-bond acceptors (Lipinski definition) is 4. The van der Waals surface area contributed by atoms with Gasteiger partial charge in [0.05, 0.1) is 16.5 Å². The molecule has 0 spiro atoms. The molecule has 0 aliphatic carbocycles. The van der Waals surface area contributed by atoms with Crippen LogP contribution in [0, 0.1) is 13.8 Å². The third kappa shape index (κ3) is 5.66. The summed E-state index contributed by atoms with van der Waals surface area (Å²) in [7, 11) is 0. The number of ketones is 1. The predicted octanol–water partition coefficient (Wildman–Crippen LogP) is 5.97. The van der Waals surface area contributed by atoms with E-state index in [-0.39, 0.29) is 18.0 Å². The van der Waals surface area contributed by atoms with Crippen LogP contribution < -0.4 is 4.74 Å². The summed E-state index contributed by atoms with van der Waals surface area (Å²) in [6, 6.07) is 12.6. The minimum atomic E-state index is -2.90. The van der Waals surface area contributed by atoms with Crippen molar-refractivity contribution in [1.82, 2.24) is 4.57 Å². The molecule has 0 saturated carbocycles. The Kier molecular flexibility index (Phi) is 7.53. The van der Waals surface area contributed by atoms with Crippen molar-refractivity contribution >= 4 is 35.0 Å². The third-order valence-corrected chi connectivity index (χ3v) is 5.49. The predicted molar refractivity (Wildman–Crippen MR) is 117 cm³/mol. The van der Waals surface area contributed by atoms with Crippen LogP contribution in [-0.4, -0.2) is 29.5 Å². The molecule has 0 aliphatic rings. The van der Waals surface area contributed by atoms with Gasteiger partial charge < -0.3 is 14.0 Å². The highest BCUT2D eigenvalue weighted by atomic mass is 35.5. The van der Waals surface area contributed by atoms with Crippen molar-refractivity contribution in [3.8, 4) is 11.4 Å². The normalized spacial score (nSPS) is 11.0. The molecule has 0 saturated heterocycles. The summed E-state index contributed by atoms with van der Waals surface area (Å²) in [6.07, 6.45) is -0.0454. The van der Waals surface area contributed by atoms with E-state index < -0.39 is 19.2 Å². The summed E-state index contributed by atoms with van der Waals surface area (Å²) in [5.74, 6) is -0.888. The van der Waals surface area contributed by atoms with Gasteiger partial charge in [-0.25, -0.2) is 0 Å². The summed E-state index contributed by atoms with van der Waals surface area (Å²) < 4.78 is 36.0. The van der Waals surface area contributed by atoms with Crippen molar-refractivity contribution in [3.05, 3.63) is 81.1 Å². The molecule has 3 aromatic rings. The van der Waals surface area contributed by atoms with Crippen LogP contribution in [0.3, 0.4) is 0 Å². The number of rotatable bonds is 8. The van der Waals surface area contributed by atoms with Crippen molar-refractivity contribution in [2.24, 2.45) is 0 Å². The van der Waals surface area contributed by atoms with Gasteiger partial charge in [0.25, 0.3) is 0 Å². The number of carbonyl (C=O) groups excluding carboxylic acids is 2. The first-order valence-corrected chi connectivity index (χ1v) is 10.3. The van der Waals surface area contributed by atoms with Crippen molar-refractivity contribution in [2.45, 2.75) is 26.9 Å². The number of ether oxygens (including phenoxy) is 2. The lowest BCUT2D eigenvalue weighted by Crippen LogP contribution is -2.16. The molecule has 5 nitrogen and oxygen atoms in total. The SMILES string of the molecule is Cc1cc(C(=O)COC(=O)Cc2ccc(Cl)c(Cl)c2)c(C)n1-c1ccc(OC(F)F)cc1. The number of alkyl halides is 2. The van der Waals surface area contributed by atoms with E-state index in [2.05, 4.69) is 4.74 Å². The summed E-state index contributed by atoms with van der Waals surface area (Å²) >= 11 is 11.8. The number of halogens is 4. The second-order valence-electron chi connectivity index (χ2n) is 7.00. The fourth-order valence-electron chi connectivity index (χ4n) is 3.31. The van der Waals surface area contributed by atoms with Gasteiger partial charge in [-0.05, 0) is 61.9 Å². The molecule has 9 heteroatoms. The lowest BCUT2D eigenvalue weighted by atomic mass is 10.1. The maximum Gasteiger partial charge on any atom is 0.387 e. The Morgan fingerprint density at radius 1 is 1.00 bits per heavy atom. The van der Waals surface area contributed by atoms with E-state index in [0.29, 0.717) is 32.6 Å². The van der Waals surface area contributed by atoms with Gasteiger partial charge in [-0.1, -0.05) is 29.3 Å². The quantitative estimate of drug-likeness (QED) is 0.293. The Morgan fingerprint density at radius 2 is 1.69 bits per heavy atom. The minimum absolute atomic E-state index is 0.0383. The second-order valence-corrected chi connectivity index (χ2v) is 7.82. The first kappa shape index (κ1) is 23.8. The molecule has 0 amide bonds. The third-order valence-electron chi connectivity index (χ3n) is 4.75. The molecular weight excluding hydrogens is 463 g/mol. The van der Waals surface area contributed by atoms with E-state index in [9.17, 15) is 18.4 Å². The number of aromatic nitrogens is 1. The zero-order valence-corrected chi connectivity index (χ0v) is 18.7. The Bertz CT molecular complexity index is 1140. The van der Waals surface area contributed by atoms with Crippen LogP contribution in [0.4, 0.5) is 8.78 Å². The molecule has 0 unspecified atom stereocenters. The zero-order valence-electron chi connectivity index (χ0n) is 17.2. The van der Waals surface area contributed by atoms with Gasteiger partial charge in [0.15, 0.2) is 6.61 Å². The molecule has 2 aromatic carbocycles. The fraction of sp³-hybridized carbons (Fsp3) is 0.217. The van der Waals surface area contributed by atoms with Crippen LogP contribution in [0.5, 0.6) is 5.75 Å². The summed E-state index contributed by atoms with van der Waals surface area (Å²) in [6.45, 7) is 0.246. The van der Waals surface area contributed by atoms with Gasteiger partial charge in [0.2, 0.25) is 5.78 Å². The molecular formula is C23H19Cl2F2NO4. The molecule has 0 aliphatic heterocycles. The standard InChI is InChI=1S/C23H19Cl2F2NO4/c1-13-9-18(14(2)28(13)16-4-6-17(7-5-16)32-23(26)27)21(29)12-31-22(30)11-15-3-8-19(24)20(25)10-15/h3-10,23H,11-12H2,1-2H3. The van der Waals surface area contributed by atoms with Crippen LogP contribution in [0.2, 0.25) is 10.0 Å². The number of Topliss-reactive ketones (excluding diaryl/α,β-unsaturated/α-hetero) is 1. The van der Waals surface area contributed by atoms with Crippen LogP contribution in [0.25, 0.3) is 5.69 Å². The van der Waals surface area contributed by atoms with E-state index >= 15 is 0 Å². The van der Waals surface area contributed by atoms with E-state index in [0.717, 1.165) is 5.69 Å². The number of aryl methyl sites for hydroxylation is 1. The molecule has 0 atom stereocenters. The Hall–Kier alpha value is -2.90. The smallest absolute Gasteiger partial charge is 0.387 e. The Balaban J connectivity index is 1.67. The average molecular weight is 482 g/mol. The Morgan fingerprint density at radius 3 is 2.31 bits per heavy atom. The number of nitrogens with zero attached hydrogens (tertiary/aromatic N) is 1. The van der Waals surface area contributed by atoms with Gasteiger partial charge in [-0.15, -0.1) is 0 Å². The van der Waals surface area contributed by atoms with Crippen molar-refractivity contribution in [2.75, 3.05) is 6.61 Å². The van der Waals surface area contributed by atoms with Crippen LogP contribution in [-0.2, 0) is 16.0 Å². The molecule has 0 radical (unpaired) electrons. The van der Waals surface area contributed by atoms with E-state index in [4.69, 9.17) is 27.9 Å². The molecule has 0 fully saturated rings. The molecule has 0 N–H and O–H groups in total. The monoisotopic (exact) mass is 481 g/mol. The largest absolute Gasteiger partial charge is 0.457 e. The number of esters is 1. The summed E-state index contributed by atoms with van der Waals surface area (Å²) in [4.78, 5) is 24.8. The van der Waals surface area contributed by atoms with Crippen molar-refractivity contribution in [1.29, 1.82) is 0 Å². The van der Waals surface area contributed by atoms with Crippen LogP contribution in [0.1, 0.15) is 27.3 Å². The number of hydrogen-bond donors (Lipinski definition) is 0. The first-order chi connectivity index (χ1) is 15.2. The highest BCUT2D eigenvalue weighted by molar-refractivity contribution is 6.42. The summed E-state index contributed by atoms with van der Waals surface area (Å²) in [5.41, 5.74) is 3.09. The maximum atomic E-state index is 12.7. The van der Waals surface area contributed by atoms with Crippen LogP contribution >= 0.6 is 23.2 Å². The lowest BCUT2D eigenvalue weighted by molar-refractivity contribution is -0.141. The Labute approximate surface area is 193 Å². The van der Waals surface area contributed by atoms with E-state index in [1.165, 1.54) is 12.1 Å². The lowest BCUT2D eigenvalue weighted by Gasteiger charge is -2.11. The topological polar surface area (TPSA) is 57.5 Å². The minimum Gasteiger partial charge on any atom is -0.457 e. The van der Waals surface area contributed by atoms with E-state index in [1.807, 2.05) is 6.92 Å². The van der Waals surface area contributed by atoms with Gasteiger partial charge in [-0.2, -0.15) is 8.78 Å². The van der Waals surface area contributed by atoms with Gasteiger partial charge in [0.1, 0.15) is 5.75 Å². The highest BCUT2D eigenvalue weighted by Crippen LogP contribution is 2.25. The first-order valence-electron chi connectivity index (χ1n) is 9.52. The van der Waals surface area contributed by atoms with Crippen LogP contribution in [0.15, 0.2) is 48.5 Å². The molecule has 168 valence electrons. The van der Waals surface area contributed by atoms with Gasteiger partial charge in [-0.3, -0.25) is 9.59 Å². The molecule has 0 bridgehead atoms. The van der Waals surface area contributed by atoms with Crippen molar-refractivity contribution in [3.63, 3.8) is 0 Å². The van der Waals surface area contributed by atoms with Crippen molar-refractivity contribution < 1.29 is 27.8 Å². The van der Waals surface area contributed by atoms with Gasteiger partial charge >= 0.3 is 12.6 Å².